The van der Waals surface area contributed by atoms with E-state index < -0.39 is 0 Å². The smallest absolute Gasteiger partial charge is 0.246 e. The molecule has 1 aromatic heterocycles. The summed E-state index contributed by atoms with van der Waals surface area (Å²) in [5, 5.41) is 7.13. The van der Waals surface area contributed by atoms with Gasteiger partial charge >= 0.3 is 0 Å². The highest BCUT2D eigenvalue weighted by molar-refractivity contribution is 5.91. The summed E-state index contributed by atoms with van der Waals surface area (Å²) in [7, 11) is 3.92. The molecule has 3 N–H and O–H groups in total. The van der Waals surface area contributed by atoms with Crippen LogP contribution >= 0.6 is 0 Å². The first-order chi connectivity index (χ1) is 9.88. The average Bonchev–Trinajstić information content (AvgIpc) is 2.66. The van der Waals surface area contributed by atoms with E-state index in [4.69, 9.17) is 5.73 Å². The summed E-state index contributed by atoms with van der Waals surface area (Å²) in [6.45, 7) is 3.84. The standard InChI is InChI=1S/C15H21N5O/c1-10-15(16)11(2)20(18-10)9-14(21)17-12-6-5-7-13(8-12)19(3)4/h5-8H,9,16H2,1-4H3,(H,17,21). The summed E-state index contributed by atoms with van der Waals surface area (Å²) in [6.07, 6.45) is 0. The summed E-state index contributed by atoms with van der Waals surface area (Å²) in [5.41, 5.74) is 9.85. The maximum absolute atomic E-state index is 12.1. The number of rotatable bonds is 4. The Morgan fingerprint density at radius 2 is 2.10 bits per heavy atom. The van der Waals surface area contributed by atoms with Crippen LogP contribution in [-0.2, 0) is 11.3 Å². The molecule has 0 radical (unpaired) electrons. The van der Waals surface area contributed by atoms with Gasteiger partial charge in [0.1, 0.15) is 6.54 Å². The van der Waals surface area contributed by atoms with Crippen molar-refractivity contribution >= 4 is 23.0 Å². The molecule has 0 bridgehead atoms. The second-order valence-corrected chi connectivity index (χ2v) is 5.24. The predicted molar refractivity (Wildman–Crippen MR) is 85.5 cm³/mol. The zero-order valence-electron chi connectivity index (χ0n) is 12.8. The Morgan fingerprint density at radius 3 is 2.67 bits per heavy atom. The fourth-order valence-corrected chi connectivity index (χ4v) is 2.06. The van der Waals surface area contributed by atoms with Crippen molar-refractivity contribution in [3.8, 4) is 0 Å². The lowest BCUT2D eigenvalue weighted by molar-refractivity contribution is -0.116. The van der Waals surface area contributed by atoms with Crippen molar-refractivity contribution < 1.29 is 4.79 Å². The Labute approximate surface area is 124 Å². The molecule has 6 heteroatoms. The largest absolute Gasteiger partial charge is 0.396 e. The van der Waals surface area contributed by atoms with Gasteiger partial charge in [-0.15, -0.1) is 0 Å². The highest BCUT2D eigenvalue weighted by atomic mass is 16.2. The van der Waals surface area contributed by atoms with Gasteiger partial charge < -0.3 is 16.0 Å². The van der Waals surface area contributed by atoms with E-state index >= 15 is 0 Å². The number of amides is 1. The molecule has 0 saturated carbocycles. The van der Waals surface area contributed by atoms with Gasteiger partial charge in [0.2, 0.25) is 5.91 Å². The van der Waals surface area contributed by atoms with E-state index in [9.17, 15) is 4.79 Å². The Bertz CT molecular complexity index is 660. The molecule has 21 heavy (non-hydrogen) atoms. The van der Waals surface area contributed by atoms with Crippen LogP contribution in [0, 0.1) is 13.8 Å². The number of anilines is 3. The predicted octanol–water partition coefficient (Wildman–Crippen LogP) is 1.79. The quantitative estimate of drug-likeness (QED) is 0.899. The van der Waals surface area contributed by atoms with Gasteiger partial charge in [-0.1, -0.05) is 6.07 Å². The molecule has 0 unspecified atom stereocenters. The molecule has 2 aromatic rings. The minimum absolute atomic E-state index is 0.128. The fraction of sp³-hybridized carbons (Fsp3) is 0.333. The van der Waals surface area contributed by atoms with Crippen LogP contribution in [0.1, 0.15) is 11.4 Å². The summed E-state index contributed by atoms with van der Waals surface area (Å²) >= 11 is 0. The third kappa shape index (κ3) is 3.34. The molecule has 6 nitrogen and oxygen atoms in total. The second kappa shape index (κ2) is 5.87. The van der Waals surface area contributed by atoms with E-state index in [1.807, 2.05) is 57.1 Å². The average molecular weight is 287 g/mol. The molecule has 0 fully saturated rings. The zero-order chi connectivity index (χ0) is 15.6. The van der Waals surface area contributed by atoms with E-state index in [1.165, 1.54) is 0 Å². The molecule has 0 aliphatic heterocycles. The van der Waals surface area contributed by atoms with Crippen LogP contribution in [0.4, 0.5) is 17.1 Å². The Morgan fingerprint density at radius 1 is 1.38 bits per heavy atom. The monoisotopic (exact) mass is 287 g/mol. The molecule has 112 valence electrons. The van der Waals surface area contributed by atoms with Gasteiger partial charge in [0.05, 0.1) is 17.1 Å². The first-order valence-electron chi connectivity index (χ1n) is 6.75. The number of nitrogens with one attached hydrogen (secondary N) is 1. The number of hydrogen-bond donors (Lipinski definition) is 2. The van der Waals surface area contributed by atoms with E-state index in [-0.39, 0.29) is 12.5 Å². The van der Waals surface area contributed by atoms with Gasteiger partial charge in [-0.2, -0.15) is 5.10 Å². The minimum Gasteiger partial charge on any atom is -0.396 e. The molecule has 1 heterocycles. The normalized spacial score (nSPS) is 10.5. The van der Waals surface area contributed by atoms with Crippen LogP contribution in [-0.4, -0.2) is 29.8 Å². The number of aromatic nitrogens is 2. The van der Waals surface area contributed by atoms with Crippen LogP contribution in [0.5, 0.6) is 0 Å². The Hall–Kier alpha value is -2.50. The number of nitrogen functional groups attached to an aromatic ring is 1. The molecule has 0 saturated heterocycles. The van der Waals surface area contributed by atoms with Crippen molar-refractivity contribution in [1.82, 2.24) is 9.78 Å². The molecule has 1 amide bonds. The first kappa shape index (κ1) is 14.9. The molecule has 0 aliphatic rings. The summed E-state index contributed by atoms with van der Waals surface area (Å²) in [6, 6.07) is 7.68. The van der Waals surface area contributed by atoms with Crippen molar-refractivity contribution in [3.05, 3.63) is 35.7 Å². The van der Waals surface area contributed by atoms with Gasteiger partial charge in [0.25, 0.3) is 0 Å². The van der Waals surface area contributed by atoms with Crippen molar-refractivity contribution in [2.45, 2.75) is 20.4 Å². The molecule has 0 aliphatic carbocycles. The molecule has 2 rings (SSSR count). The maximum atomic E-state index is 12.1. The van der Waals surface area contributed by atoms with Crippen LogP contribution in [0.25, 0.3) is 0 Å². The summed E-state index contributed by atoms with van der Waals surface area (Å²) in [5.74, 6) is -0.128. The second-order valence-electron chi connectivity index (χ2n) is 5.24. The van der Waals surface area contributed by atoms with E-state index in [0.29, 0.717) is 5.69 Å². The lowest BCUT2D eigenvalue weighted by atomic mass is 10.2. The Kier molecular flexibility index (Phi) is 4.16. The van der Waals surface area contributed by atoms with Crippen LogP contribution in [0.2, 0.25) is 0 Å². The molecule has 1 aromatic carbocycles. The third-order valence-corrected chi connectivity index (χ3v) is 3.38. The zero-order valence-corrected chi connectivity index (χ0v) is 12.8. The SMILES string of the molecule is Cc1nn(CC(=O)Nc2cccc(N(C)C)c2)c(C)c1N. The number of carbonyl (C=O) groups is 1. The lowest BCUT2D eigenvalue weighted by Crippen LogP contribution is -2.20. The van der Waals surface area contributed by atoms with Crippen molar-refractivity contribution in [2.24, 2.45) is 0 Å². The van der Waals surface area contributed by atoms with Crippen LogP contribution in [0.15, 0.2) is 24.3 Å². The molecule has 0 spiro atoms. The van der Waals surface area contributed by atoms with Gasteiger partial charge in [-0.05, 0) is 32.0 Å². The number of aryl methyl sites for hydroxylation is 1. The van der Waals surface area contributed by atoms with E-state index in [2.05, 4.69) is 10.4 Å². The molecular formula is C15H21N5O. The van der Waals surface area contributed by atoms with E-state index in [0.717, 1.165) is 22.8 Å². The number of hydrogen-bond acceptors (Lipinski definition) is 4. The van der Waals surface area contributed by atoms with Gasteiger partial charge in [-0.25, -0.2) is 0 Å². The molecule has 0 atom stereocenters. The number of benzene rings is 1. The van der Waals surface area contributed by atoms with Crippen LogP contribution < -0.4 is 16.0 Å². The third-order valence-electron chi connectivity index (χ3n) is 3.38. The van der Waals surface area contributed by atoms with Crippen molar-refractivity contribution in [1.29, 1.82) is 0 Å². The van der Waals surface area contributed by atoms with Gasteiger partial charge in [0.15, 0.2) is 0 Å². The number of nitrogens with zero attached hydrogens (tertiary/aromatic N) is 3. The van der Waals surface area contributed by atoms with E-state index in [1.54, 1.807) is 4.68 Å². The summed E-state index contributed by atoms with van der Waals surface area (Å²) in [4.78, 5) is 14.1. The first-order valence-corrected chi connectivity index (χ1v) is 6.75. The molecular weight excluding hydrogens is 266 g/mol. The highest BCUT2D eigenvalue weighted by Gasteiger charge is 2.11. The maximum Gasteiger partial charge on any atom is 0.246 e. The lowest BCUT2D eigenvalue weighted by Gasteiger charge is -2.14. The minimum atomic E-state index is -0.128. The highest BCUT2D eigenvalue weighted by Crippen LogP contribution is 2.18. The number of nitrogens with two attached hydrogens (primary N) is 1. The van der Waals surface area contributed by atoms with Crippen molar-refractivity contribution in [3.63, 3.8) is 0 Å². The number of carbonyl (C=O) groups excluding carboxylic acids is 1. The van der Waals surface area contributed by atoms with Crippen molar-refractivity contribution in [2.75, 3.05) is 30.0 Å². The van der Waals surface area contributed by atoms with Gasteiger partial charge in [-0.3, -0.25) is 9.48 Å². The fourth-order valence-electron chi connectivity index (χ4n) is 2.06. The topological polar surface area (TPSA) is 76.2 Å². The van der Waals surface area contributed by atoms with Gasteiger partial charge in [0, 0.05) is 25.5 Å². The summed E-state index contributed by atoms with van der Waals surface area (Å²) < 4.78 is 1.62. The Balaban J connectivity index is 2.08. The van der Waals surface area contributed by atoms with Crippen LogP contribution in [0.3, 0.4) is 0 Å².